The van der Waals surface area contributed by atoms with Crippen molar-refractivity contribution < 1.29 is 10.2 Å². The minimum atomic E-state index is -0.172. The zero-order valence-electron chi connectivity index (χ0n) is 9.91. The maximum Gasteiger partial charge on any atom is 0.166 e. The van der Waals surface area contributed by atoms with Crippen molar-refractivity contribution in [3.8, 4) is 11.5 Å². The molecular weight excluding hydrogens is 242 g/mol. The number of aromatic nitrogens is 2. The Morgan fingerprint density at radius 3 is 2.95 bits per heavy atom. The van der Waals surface area contributed by atoms with Gasteiger partial charge in [-0.3, -0.25) is 10.1 Å². The average molecular weight is 253 g/mol. The largest absolute Gasteiger partial charge is 0.504 e. The quantitative estimate of drug-likeness (QED) is 0.485. The second-order valence-corrected chi connectivity index (χ2v) is 4.11. The van der Waals surface area contributed by atoms with Crippen molar-refractivity contribution in [2.75, 3.05) is 0 Å². The minimum absolute atomic E-state index is 0.159. The molecule has 0 saturated heterocycles. The predicted molar refractivity (Wildman–Crippen MR) is 73.1 cm³/mol. The lowest BCUT2D eigenvalue weighted by molar-refractivity contribution is 0.403. The van der Waals surface area contributed by atoms with Gasteiger partial charge in [-0.2, -0.15) is 5.10 Å². The molecule has 5 nitrogen and oxygen atoms in total. The van der Waals surface area contributed by atoms with E-state index in [-0.39, 0.29) is 11.5 Å². The molecule has 2 aromatic carbocycles. The number of aliphatic imine (C=N–C) groups is 1. The number of phenols is 2. The normalized spacial score (nSPS) is 11.4. The molecule has 0 atom stereocenters. The van der Waals surface area contributed by atoms with Crippen molar-refractivity contribution in [1.82, 2.24) is 10.2 Å². The number of aromatic amines is 1. The molecule has 0 radical (unpaired) electrons. The Morgan fingerprint density at radius 1 is 1.16 bits per heavy atom. The van der Waals surface area contributed by atoms with Gasteiger partial charge in [0.15, 0.2) is 11.5 Å². The molecule has 3 N–H and O–H groups in total. The molecule has 0 bridgehead atoms. The first-order valence-corrected chi connectivity index (χ1v) is 5.72. The highest BCUT2D eigenvalue weighted by molar-refractivity contribution is 5.88. The molecule has 0 amide bonds. The SMILES string of the molecule is Oc1cccc(C=Nc2ccc3cn[nH]c3c2)c1O. The second kappa shape index (κ2) is 4.45. The summed E-state index contributed by atoms with van der Waals surface area (Å²) in [6, 6.07) is 10.4. The number of rotatable bonds is 2. The molecule has 0 fully saturated rings. The average Bonchev–Trinajstić information content (AvgIpc) is 2.88. The number of nitrogens with zero attached hydrogens (tertiary/aromatic N) is 2. The van der Waals surface area contributed by atoms with Crippen LogP contribution < -0.4 is 0 Å². The number of hydrogen-bond donors (Lipinski definition) is 3. The van der Waals surface area contributed by atoms with Crippen LogP contribution in [0, 0.1) is 0 Å². The molecule has 0 aliphatic carbocycles. The Hall–Kier alpha value is -2.82. The van der Waals surface area contributed by atoms with Crippen LogP contribution in [-0.2, 0) is 0 Å². The molecule has 1 aromatic heterocycles. The zero-order chi connectivity index (χ0) is 13.2. The summed E-state index contributed by atoms with van der Waals surface area (Å²) >= 11 is 0. The Kier molecular flexibility index (Phi) is 2.64. The lowest BCUT2D eigenvalue weighted by Crippen LogP contribution is -1.82. The standard InChI is InChI=1S/C14H11N3O2/c18-13-3-1-2-10(14(13)19)7-15-11-5-4-9-8-16-17-12(9)6-11/h1-8,18-19H,(H,16,17). The lowest BCUT2D eigenvalue weighted by atomic mass is 10.2. The van der Waals surface area contributed by atoms with Gasteiger partial charge in [0.1, 0.15) is 0 Å². The zero-order valence-corrected chi connectivity index (χ0v) is 9.91. The van der Waals surface area contributed by atoms with E-state index in [2.05, 4.69) is 15.2 Å². The van der Waals surface area contributed by atoms with Gasteiger partial charge in [-0.15, -0.1) is 0 Å². The van der Waals surface area contributed by atoms with Gasteiger partial charge in [-0.05, 0) is 30.3 Å². The molecule has 0 aliphatic rings. The number of benzene rings is 2. The molecule has 0 aliphatic heterocycles. The third-order valence-corrected chi connectivity index (χ3v) is 2.82. The Labute approximate surface area is 108 Å². The number of H-pyrrole nitrogens is 1. The van der Waals surface area contributed by atoms with E-state index >= 15 is 0 Å². The molecule has 94 valence electrons. The summed E-state index contributed by atoms with van der Waals surface area (Å²) in [6.45, 7) is 0. The van der Waals surface area contributed by atoms with Gasteiger partial charge in [-0.1, -0.05) is 6.07 Å². The van der Waals surface area contributed by atoms with Crippen molar-refractivity contribution in [2.45, 2.75) is 0 Å². The van der Waals surface area contributed by atoms with E-state index < -0.39 is 0 Å². The molecule has 3 aromatic rings. The first-order valence-electron chi connectivity index (χ1n) is 5.72. The number of phenolic OH excluding ortho intramolecular Hbond substituents is 2. The maximum absolute atomic E-state index is 9.66. The summed E-state index contributed by atoms with van der Waals surface area (Å²) in [5, 5.41) is 26.9. The molecule has 0 spiro atoms. The number of aromatic hydroxyl groups is 2. The van der Waals surface area contributed by atoms with E-state index in [1.807, 2.05) is 18.2 Å². The fourth-order valence-electron chi connectivity index (χ4n) is 1.80. The van der Waals surface area contributed by atoms with Gasteiger partial charge in [0.05, 0.1) is 17.4 Å². The summed E-state index contributed by atoms with van der Waals surface area (Å²) in [5.74, 6) is -0.332. The first kappa shape index (κ1) is 11.3. The number of para-hydroxylation sites is 1. The van der Waals surface area contributed by atoms with E-state index in [0.29, 0.717) is 5.56 Å². The van der Waals surface area contributed by atoms with Gasteiger partial charge in [0, 0.05) is 17.2 Å². The summed E-state index contributed by atoms with van der Waals surface area (Å²) in [6.07, 6.45) is 3.25. The van der Waals surface area contributed by atoms with Crippen LogP contribution in [0.15, 0.2) is 47.6 Å². The molecule has 19 heavy (non-hydrogen) atoms. The number of fused-ring (bicyclic) bond motifs is 1. The van der Waals surface area contributed by atoms with Crippen LogP contribution in [0.25, 0.3) is 10.9 Å². The van der Waals surface area contributed by atoms with E-state index in [9.17, 15) is 10.2 Å². The van der Waals surface area contributed by atoms with Crippen molar-refractivity contribution >= 4 is 22.8 Å². The summed E-state index contributed by atoms with van der Waals surface area (Å²) in [5.41, 5.74) is 2.10. The fourth-order valence-corrected chi connectivity index (χ4v) is 1.80. The van der Waals surface area contributed by atoms with E-state index in [1.54, 1.807) is 18.3 Å². The number of nitrogens with one attached hydrogen (secondary N) is 1. The monoisotopic (exact) mass is 253 g/mol. The highest BCUT2D eigenvalue weighted by Crippen LogP contribution is 2.27. The van der Waals surface area contributed by atoms with E-state index in [4.69, 9.17) is 0 Å². The highest BCUT2D eigenvalue weighted by Gasteiger charge is 2.03. The second-order valence-electron chi connectivity index (χ2n) is 4.11. The van der Waals surface area contributed by atoms with Crippen LogP contribution in [0.4, 0.5) is 5.69 Å². The fraction of sp³-hybridized carbons (Fsp3) is 0. The van der Waals surface area contributed by atoms with Crippen LogP contribution in [-0.4, -0.2) is 26.6 Å². The van der Waals surface area contributed by atoms with Gasteiger partial charge in [-0.25, -0.2) is 0 Å². The molecular formula is C14H11N3O2. The smallest absolute Gasteiger partial charge is 0.166 e. The van der Waals surface area contributed by atoms with Gasteiger partial charge >= 0.3 is 0 Å². The molecule has 0 saturated carbocycles. The molecule has 5 heteroatoms. The Balaban J connectivity index is 1.95. The number of hydrogen-bond acceptors (Lipinski definition) is 4. The molecule has 3 rings (SSSR count). The van der Waals surface area contributed by atoms with Gasteiger partial charge < -0.3 is 10.2 Å². The van der Waals surface area contributed by atoms with Crippen molar-refractivity contribution in [2.24, 2.45) is 4.99 Å². The summed E-state index contributed by atoms with van der Waals surface area (Å²) in [4.78, 5) is 4.26. The Bertz CT molecular complexity index is 762. The van der Waals surface area contributed by atoms with Gasteiger partial charge in [0.2, 0.25) is 0 Å². The van der Waals surface area contributed by atoms with Crippen LogP contribution in [0.1, 0.15) is 5.56 Å². The first-order chi connectivity index (χ1) is 9.24. The summed E-state index contributed by atoms with van der Waals surface area (Å²) in [7, 11) is 0. The van der Waals surface area contributed by atoms with Crippen LogP contribution in [0.5, 0.6) is 11.5 Å². The van der Waals surface area contributed by atoms with Crippen LogP contribution in [0.2, 0.25) is 0 Å². The van der Waals surface area contributed by atoms with Crippen molar-refractivity contribution in [3.63, 3.8) is 0 Å². The van der Waals surface area contributed by atoms with Crippen molar-refractivity contribution in [1.29, 1.82) is 0 Å². The third-order valence-electron chi connectivity index (χ3n) is 2.82. The highest BCUT2D eigenvalue weighted by atomic mass is 16.3. The minimum Gasteiger partial charge on any atom is -0.504 e. The van der Waals surface area contributed by atoms with E-state index in [1.165, 1.54) is 12.3 Å². The maximum atomic E-state index is 9.66. The summed E-state index contributed by atoms with van der Waals surface area (Å²) < 4.78 is 0. The van der Waals surface area contributed by atoms with Gasteiger partial charge in [0.25, 0.3) is 0 Å². The van der Waals surface area contributed by atoms with Crippen LogP contribution in [0.3, 0.4) is 0 Å². The third kappa shape index (κ3) is 2.13. The molecule has 0 unspecified atom stereocenters. The van der Waals surface area contributed by atoms with Crippen LogP contribution >= 0.6 is 0 Å². The predicted octanol–water partition coefficient (Wildman–Crippen LogP) is 2.72. The topological polar surface area (TPSA) is 81.5 Å². The Morgan fingerprint density at radius 2 is 2.05 bits per heavy atom. The van der Waals surface area contributed by atoms with E-state index in [0.717, 1.165) is 16.6 Å². The molecule has 1 heterocycles. The van der Waals surface area contributed by atoms with Crippen molar-refractivity contribution in [3.05, 3.63) is 48.2 Å². The lowest BCUT2D eigenvalue weighted by Gasteiger charge is -2.00.